The SMILES string of the molecule is Cc1sc2c(c1-c1nc3c(C)cccc3s1)CCNC2. The van der Waals surface area contributed by atoms with Crippen molar-refractivity contribution in [1.82, 2.24) is 10.3 Å². The van der Waals surface area contributed by atoms with Gasteiger partial charge in [0, 0.05) is 21.9 Å². The number of fused-ring (bicyclic) bond motifs is 2. The maximum Gasteiger partial charge on any atom is 0.126 e. The third-order valence-electron chi connectivity index (χ3n) is 3.94. The van der Waals surface area contributed by atoms with E-state index in [0.29, 0.717) is 0 Å². The first-order valence-electron chi connectivity index (χ1n) is 6.92. The topological polar surface area (TPSA) is 24.9 Å². The first-order valence-corrected chi connectivity index (χ1v) is 8.55. The van der Waals surface area contributed by atoms with Crippen molar-refractivity contribution in [2.75, 3.05) is 6.54 Å². The quantitative estimate of drug-likeness (QED) is 0.725. The van der Waals surface area contributed by atoms with Crippen LogP contribution in [-0.2, 0) is 13.0 Å². The molecule has 0 unspecified atom stereocenters. The van der Waals surface area contributed by atoms with E-state index in [1.807, 2.05) is 22.7 Å². The molecule has 1 aromatic carbocycles. The summed E-state index contributed by atoms with van der Waals surface area (Å²) in [5.41, 5.74) is 5.38. The van der Waals surface area contributed by atoms with E-state index in [1.165, 1.54) is 41.7 Å². The van der Waals surface area contributed by atoms with Gasteiger partial charge in [0.05, 0.1) is 10.2 Å². The monoisotopic (exact) mass is 300 g/mol. The number of thiophene rings is 1. The van der Waals surface area contributed by atoms with Crippen LogP contribution in [0.25, 0.3) is 20.8 Å². The van der Waals surface area contributed by atoms with Gasteiger partial charge in [0.1, 0.15) is 5.01 Å². The van der Waals surface area contributed by atoms with Gasteiger partial charge >= 0.3 is 0 Å². The Morgan fingerprint density at radius 3 is 2.95 bits per heavy atom. The van der Waals surface area contributed by atoms with E-state index in [1.54, 1.807) is 0 Å². The van der Waals surface area contributed by atoms with Crippen LogP contribution >= 0.6 is 22.7 Å². The Hall–Kier alpha value is -1.23. The fraction of sp³-hybridized carbons (Fsp3) is 0.312. The minimum Gasteiger partial charge on any atom is -0.312 e. The van der Waals surface area contributed by atoms with Gasteiger partial charge in [-0.3, -0.25) is 0 Å². The molecule has 20 heavy (non-hydrogen) atoms. The van der Waals surface area contributed by atoms with Crippen LogP contribution in [-0.4, -0.2) is 11.5 Å². The summed E-state index contributed by atoms with van der Waals surface area (Å²) < 4.78 is 1.30. The zero-order valence-electron chi connectivity index (χ0n) is 11.6. The predicted octanol–water partition coefficient (Wildman–Crippen LogP) is 4.29. The normalized spacial score (nSPS) is 14.7. The number of nitrogens with one attached hydrogen (secondary N) is 1. The predicted molar refractivity (Wildman–Crippen MR) is 87.8 cm³/mol. The van der Waals surface area contributed by atoms with Crippen molar-refractivity contribution in [3.05, 3.63) is 39.1 Å². The standard InChI is InChI=1S/C16H16N2S2/c1-9-4-3-5-12-15(9)18-16(20-12)14-10(2)19-13-8-17-7-6-11(13)14/h3-5,17H,6-8H2,1-2H3. The third-order valence-corrected chi connectivity index (χ3v) is 6.12. The second-order valence-corrected chi connectivity index (χ2v) is 7.64. The maximum absolute atomic E-state index is 4.93. The number of aryl methyl sites for hydroxylation is 2. The van der Waals surface area contributed by atoms with Crippen molar-refractivity contribution in [3.63, 3.8) is 0 Å². The van der Waals surface area contributed by atoms with E-state index in [4.69, 9.17) is 4.98 Å². The highest BCUT2D eigenvalue weighted by Gasteiger charge is 2.22. The second kappa shape index (κ2) is 4.65. The highest BCUT2D eigenvalue weighted by atomic mass is 32.1. The lowest BCUT2D eigenvalue weighted by Gasteiger charge is -2.13. The summed E-state index contributed by atoms with van der Waals surface area (Å²) in [6.07, 6.45) is 1.13. The Balaban J connectivity index is 1.95. The average Bonchev–Trinajstić information content (AvgIpc) is 2.99. The molecule has 2 aromatic heterocycles. The zero-order chi connectivity index (χ0) is 13.7. The summed E-state index contributed by atoms with van der Waals surface area (Å²) >= 11 is 3.76. The van der Waals surface area contributed by atoms with Gasteiger partial charge in [-0.25, -0.2) is 4.98 Å². The first kappa shape index (κ1) is 12.5. The number of hydrogen-bond acceptors (Lipinski definition) is 4. The van der Waals surface area contributed by atoms with E-state index in [9.17, 15) is 0 Å². The van der Waals surface area contributed by atoms with Crippen LogP contribution in [0, 0.1) is 13.8 Å². The smallest absolute Gasteiger partial charge is 0.126 e. The molecule has 102 valence electrons. The summed E-state index contributed by atoms with van der Waals surface area (Å²) in [5, 5.41) is 4.66. The van der Waals surface area contributed by atoms with Crippen LogP contribution in [0.2, 0.25) is 0 Å². The number of para-hydroxylation sites is 1. The molecule has 3 heterocycles. The highest BCUT2D eigenvalue weighted by Crippen LogP contribution is 2.41. The molecule has 1 aliphatic rings. The summed E-state index contributed by atoms with van der Waals surface area (Å²) in [5.74, 6) is 0. The largest absolute Gasteiger partial charge is 0.312 e. The lowest BCUT2D eigenvalue weighted by Crippen LogP contribution is -2.22. The zero-order valence-corrected chi connectivity index (χ0v) is 13.3. The van der Waals surface area contributed by atoms with Gasteiger partial charge in [0.25, 0.3) is 0 Å². The first-order chi connectivity index (χ1) is 9.74. The maximum atomic E-state index is 4.93. The van der Waals surface area contributed by atoms with Crippen molar-refractivity contribution in [1.29, 1.82) is 0 Å². The Bertz CT molecular complexity index is 798. The summed E-state index contributed by atoms with van der Waals surface area (Å²) in [7, 11) is 0. The number of hydrogen-bond donors (Lipinski definition) is 1. The van der Waals surface area contributed by atoms with Crippen LogP contribution < -0.4 is 5.32 Å². The van der Waals surface area contributed by atoms with Gasteiger partial charge in [0.2, 0.25) is 0 Å². The molecule has 2 nitrogen and oxygen atoms in total. The second-order valence-electron chi connectivity index (χ2n) is 5.30. The molecule has 0 bridgehead atoms. The lowest BCUT2D eigenvalue weighted by atomic mass is 10.0. The lowest BCUT2D eigenvalue weighted by molar-refractivity contribution is 0.655. The van der Waals surface area contributed by atoms with Gasteiger partial charge in [-0.2, -0.15) is 0 Å². The highest BCUT2D eigenvalue weighted by molar-refractivity contribution is 7.22. The average molecular weight is 300 g/mol. The molecule has 0 atom stereocenters. The molecule has 4 rings (SSSR count). The number of rotatable bonds is 1. The van der Waals surface area contributed by atoms with Gasteiger partial charge in [-0.15, -0.1) is 22.7 Å². The summed E-state index contributed by atoms with van der Waals surface area (Å²) in [6.45, 7) is 6.48. The van der Waals surface area contributed by atoms with Crippen molar-refractivity contribution in [2.24, 2.45) is 0 Å². The summed E-state index contributed by atoms with van der Waals surface area (Å²) in [6, 6.07) is 6.45. The Kier molecular flexibility index (Phi) is 2.91. The van der Waals surface area contributed by atoms with Crippen molar-refractivity contribution >= 4 is 32.9 Å². The summed E-state index contributed by atoms with van der Waals surface area (Å²) in [4.78, 5) is 7.84. The molecule has 0 aliphatic carbocycles. The third kappa shape index (κ3) is 1.83. The minimum absolute atomic E-state index is 1.02. The Morgan fingerprint density at radius 1 is 1.20 bits per heavy atom. The van der Waals surface area contributed by atoms with Crippen LogP contribution in [0.15, 0.2) is 18.2 Å². The molecule has 1 aliphatic heterocycles. The van der Waals surface area contributed by atoms with E-state index in [-0.39, 0.29) is 0 Å². The van der Waals surface area contributed by atoms with Crippen molar-refractivity contribution in [3.8, 4) is 10.6 Å². The molecular weight excluding hydrogens is 284 g/mol. The van der Waals surface area contributed by atoms with Gasteiger partial charge in [-0.1, -0.05) is 12.1 Å². The number of benzene rings is 1. The Labute approximate surface area is 126 Å². The van der Waals surface area contributed by atoms with Gasteiger partial charge in [-0.05, 0) is 44.0 Å². The molecule has 0 spiro atoms. The minimum atomic E-state index is 1.02. The molecule has 0 radical (unpaired) electrons. The molecule has 0 fully saturated rings. The molecule has 0 saturated heterocycles. The molecule has 1 N–H and O–H groups in total. The molecule has 4 heteroatoms. The van der Waals surface area contributed by atoms with Crippen LogP contribution in [0.4, 0.5) is 0 Å². The van der Waals surface area contributed by atoms with Gasteiger partial charge in [0.15, 0.2) is 0 Å². The van der Waals surface area contributed by atoms with Crippen molar-refractivity contribution < 1.29 is 0 Å². The van der Waals surface area contributed by atoms with Crippen molar-refractivity contribution in [2.45, 2.75) is 26.8 Å². The number of aromatic nitrogens is 1. The van der Waals surface area contributed by atoms with E-state index < -0.39 is 0 Å². The van der Waals surface area contributed by atoms with Crippen LogP contribution in [0.1, 0.15) is 20.9 Å². The van der Waals surface area contributed by atoms with E-state index >= 15 is 0 Å². The van der Waals surface area contributed by atoms with E-state index in [2.05, 4.69) is 37.4 Å². The fourth-order valence-electron chi connectivity index (χ4n) is 2.94. The van der Waals surface area contributed by atoms with E-state index in [0.717, 1.165) is 19.5 Å². The molecular formula is C16H16N2S2. The number of thiazole rings is 1. The van der Waals surface area contributed by atoms with Crippen LogP contribution in [0.5, 0.6) is 0 Å². The molecule has 3 aromatic rings. The van der Waals surface area contributed by atoms with Crippen LogP contribution in [0.3, 0.4) is 0 Å². The van der Waals surface area contributed by atoms with Gasteiger partial charge < -0.3 is 5.32 Å². The Morgan fingerprint density at radius 2 is 2.10 bits per heavy atom. The molecule has 0 saturated carbocycles. The fourth-order valence-corrected chi connectivity index (χ4v) is 5.38. The molecule has 0 amide bonds. The number of nitrogens with zero attached hydrogens (tertiary/aromatic N) is 1.